The van der Waals surface area contributed by atoms with Crippen molar-refractivity contribution >= 4 is 35.0 Å². The Kier molecular flexibility index (Phi) is 8.12. The highest BCUT2D eigenvalue weighted by Crippen LogP contribution is 2.10. The highest BCUT2D eigenvalue weighted by Gasteiger charge is 2.15. The van der Waals surface area contributed by atoms with E-state index in [1.54, 1.807) is 60.7 Å². The molecule has 0 saturated carbocycles. The lowest BCUT2D eigenvalue weighted by atomic mass is 10.1. The molecule has 4 N–H and O–H groups in total. The lowest BCUT2D eigenvalue weighted by molar-refractivity contribution is -0.136. The summed E-state index contributed by atoms with van der Waals surface area (Å²) >= 11 is 0. The van der Waals surface area contributed by atoms with Crippen molar-refractivity contribution in [1.29, 1.82) is 0 Å². The summed E-state index contributed by atoms with van der Waals surface area (Å²) in [6.07, 6.45) is 0. The highest BCUT2D eigenvalue weighted by atomic mass is 16.2. The summed E-state index contributed by atoms with van der Waals surface area (Å²) in [5.41, 5.74) is 4.51. The molecule has 8 heteroatoms. The zero-order chi connectivity index (χ0) is 24.5. The Morgan fingerprint density at radius 2 is 0.971 bits per heavy atom. The molecule has 0 heterocycles. The van der Waals surface area contributed by atoms with Crippen molar-refractivity contribution in [2.75, 3.05) is 10.6 Å². The van der Waals surface area contributed by atoms with Crippen molar-refractivity contribution in [2.24, 2.45) is 0 Å². The van der Waals surface area contributed by atoms with Gasteiger partial charge in [-0.25, -0.2) is 0 Å². The zero-order valence-corrected chi connectivity index (χ0v) is 19.0. The molecule has 3 aromatic rings. The van der Waals surface area contributed by atoms with Gasteiger partial charge in [-0.15, -0.1) is 0 Å². The van der Waals surface area contributed by atoms with Gasteiger partial charge >= 0.3 is 23.6 Å². The first-order chi connectivity index (χ1) is 16.3. The van der Waals surface area contributed by atoms with Crippen molar-refractivity contribution in [3.8, 4) is 0 Å². The monoisotopic (exact) mass is 458 g/mol. The van der Waals surface area contributed by atoms with Gasteiger partial charge in [0.1, 0.15) is 0 Å². The van der Waals surface area contributed by atoms with Crippen LogP contribution in [0.1, 0.15) is 22.3 Å². The molecular formula is C26H26N4O4. The molecule has 34 heavy (non-hydrogen) atoms. The SMILES string of the molecule is Cc1cccc(NC(=O)C(=O)NCc2cccc(CNC(=O)C(=O)Nc3cccc(C)c3)c2)c1. The van der Waals surface area contributed by atoms with E-state index in [1.807, 2.05) is 26.0 Å². The largest absolute Gasteiger partial charge is 0.344 e. The smallest absolute Gasteiger partial charge is 0.313 e. The summed E-state index contributed by atoms with van der Waals surface area (Å²) in [7, 11) is 0. The maximum atomic E-state index is 12.1. The minimum atomic E-state index is -0.756. The van der Waals surface area contributed by atoms with Crippen molar-refractivity contribution < 1.29 is 19.2 Å². The first-order valence-electron chi connectivity index (χ1n) is 10.7. The predicted molar refractivity (Wildman–Crippen MR) is 130 cm³/mol. The average molecular weight is 459 g/mol. The normalized spacial score (nSPS) is 10.2. The van der Waals surface area contributed by atoms with Crippen molar-refractivity contribution in [2.45, 2.75) is 26.9 Å². The number of carbonyl (C=O) groups is 4. The standard InChI is InChI=1S/C26H26N4O4/c1-17-6-3-10-21(12-17)29-25(33)23(31)27-15-19-8-5-9-20(14-19)16-28-24(32)26(34)30-22-11-4-7-18(2)13-22/h3-14H,15-16H2,1-2H3,(H,27,31)(H,28,32)(H,29,33)(H,30,34). The predicted octanol–water partition coefficient (Wildman–Crippen LogP) is 2.81. The van der Waals surface area contributed by atoms with Crippen molar-refractivity contribution in [3.05, 3.63) is 95.1 Å². The van der Waals surface area contributed by atoms with Crippen LogP contribution in [0, 0.1) is 13.8 Å². The molecule has 0 aliphatic carbocycles. The number of carbonyl (C=O) groups excluding carboxylic acids is 4. The molecule has 0 spiro atoms. The van der Waals surface area contributed by atoms with E-state index in [1.165, 1.54) is 0 Å². The van der Waals surface area contributed by atoms with E-state index in [9.17, 15) is 19.2 Å². The lowest BCUT2D eigenvalue weighted by Gasteiger charge is -2.10. The highest BCUT2D eigenvalue weighted by molar-refractivity contribution is 6.40. The van der Waals surface area contributed by atoms with E-state index in [-0.39, 0.29) is 13.1 Å². The second-order valence-electron chi connectivity index (χ2n) is 7.83. The van der Waals surface area contributed by atoms with Gasteiger partial charge in [0.2, 0.25) is 0 Å². The van der Waals surface area contributed by atoms with Gasteiger partial charge in [0.25, 0.3) is 0 Å². The lowest BCUT2D eigenvalue weighted by Crippen LogP contribution is -2.35. The summed E-state index contributed by atoms with van der Waals surface area (Å²) in [6.45, 7) is 4.05. The second-order valence-corrected chi connectivity index (χ2v) is 7.83. The van der Waals surface area contributed by atoms with Gasteiger partial charge < -0.3 is 21.3 Å². The van der Waals surface area contributed by atoms with Crippen LogP contribution in [0.3, 0.4) is 0 Å². The Morgan fingerprint density at radius 3 is 1.38 bits per heavy atom. The van der Waals surface area contributed by atoms with E-state index in [2.05, 4.69) is 21.3 Å². The molecule has 4 amide bonds. The molecule has 0 unspecified atom stereocenters. The number of nitrogens with one attached hydrogen (secondary N) is 4. The van der Waals surface area contributed by atoms with Crippen LogP contribution in [0.2, 0.25) is 0 Å². The van der Waals surface area contributed by atoms with Crippen LogP contribution in [-0.2, 0) is 32.3 Å². The average Bonchev–Trinajstić information content (AvgIpc) is 2.81. The van der Waals surface area contributed by atoms with Crippen LogP contribution in [0.4, 0.5) is 11.4 Å². The molecule has 0 aromatic heterocycles. The van der Waals surface area contributed by atoms with Crippen molar-refractivity contribution in [3.63, 3.8) is 0 Å². The van der Waals surface area contributed by atoms with Crippen LogP contribution in [0.25, 0.3) is 0 Å². The van der Waals surface area contributed by atoms with E-state index in [0.717, 1.165) is 22.3 Å². The van der Waals surface area contributed by atoms with Crippen molar-refractivity contribution in [1.82, 2.24) is 10.6 Å². The molecule has 8 nitrogen and oxygen atoms in total. The van der Waals surface area contributed by atoms with Gasteiger partial charge in [-0.3, -0.25) is 19.2 Å². The number of rotatable bonds is 6. The summed E-state index contributed by atoms with van der Waals surface area (Å²) in [5.74, 6) is -3.02. The third-order valence-electron chi connectivity index (χ3n) is 4.86. The first-order valence-corrected chi connectivity index (χ1v) is 10.7. The fraction of sp³-hybridized carbons (Fsp3) is 0.154. The van der Waals surface area contributed by atoms with E-state index in [4.69, 9.17) is 0 Å². The van der Waals surface area contributed by atoms with Gasteiger partial charge in [0.15, 0.2) is 0 Å². The fourth-order valence-electron chi connectivity index (χ4n) is 3.20. The number of hydrogen-bond donors (Lipinski definition) is 4. The Bertz CT molecular complexity index is 1130. The molecule has 0 aliphatic rings. The second kappa shape index (κ2) is 11.4. The molecule has 0 aliphatic heterocycles. The fourth-order valence-corrected chi connectivity index (χ4v) is 3.20. The zero-order valence-electron chi connectivity index (χ0n) is 19.0. The minimum Gasteiger partial charge on any atom is -0.344 e. The van der Waals surface area contributed by atoms with Gasteiger partial charge in [0, 0.05) is 24.5 Å². The van der Waals surface area contributed by atoms with Gasteiger partial charge in [0.05, 0.1) is 0 Å². The molecular weight excluding hydrogens is 432 g/mol. The number of anilines is 2. The maximum absolute atomic E-state index is 12.1. The van der Waals surface area contributed by atoms with Gasteiger partial charge in [-0.05, 0) is 60.4 Å². The third-order valence-corrected chi connectivity index (χ3v) is 4.86. The summed E-state index contributed by atoms with van der Waals surface area (Å²) in [6, 6.07) is 21.4. The molecule has 174 valence electrons. The number of hydrogen-bond acceptors (Lipinski definition) is 4. The third kappa shape index (κ3) is 7.30. The molecule has 0 atom stereocenters. The van der Waals surface area contributed by atoms with Gasteiger partial charge in [-0.2, -0.15) is 0 Å². The quantitative estimate of drug-likeness (QED) is 0.425. The molecule has 3 aromatic carbocycles. The van der Waals surface area contributed by atoms with E-state index >= 15 is 0 Å². The summed E-state index contributed by atoms with van der Waals surface area (Å²) in [5, 5.41) is 10.3. The molecule has 0 bridgehead atoms. The number of aryl methyl sites for hydroxylation is 2. The van der Waals surface area contributed by atoms with Crippen LogP contribution >= 0.6 is 0 Å². The van der Waals surface area contributed by atoms with Crippen LogP contribution in [-0.4, -0.2) is 23.6 Å². The Balaban J connectivity index is 1.47. The molecule has 0 fully saturated rings. The number of amides is 4. The van der Waals surface area contributed by atoms with E-state index in [0.29, 0.717) is 11.4 Å². The molecule has 3 rings (SSSR count). The molecule has 0 radical (unpaired) electrons. The van der Waals surface area contributed by atoms with E-state index < -0.39 is 23.6 Å². The number of benzene rings is 3. The maximum Gasteiger partial charge on any atom is 0.313 e. The van der Waals surface area contributed by atoms with Crippen LogP contribution in [0.5, 0.6) is 0 Å². The topological polar surface area (TPSA) is 116 Å². The molecule has 0 saturated heterocycles. The Morgan fingerprint density at radius 1 is 0.559 bits per heavy atom. The van der Waals surface area contributed by atoms with Gasteiger partial charge in [-0.1, -0.05) is 48.5 Å². The Hall–Kier alpha value is -4.46. The first kappa shape index (κ1) is 24.2. The minimum absolute atomic E-state index is 0.135. The summed E-state index contributed by atoms with van der Waals surface area (Å²) < 4.78 is 0. The summed E-state index contributed by atoms with van der Waals surface area (Å²) in [4.78, 5) is 48.4. The van der Waals surface area contributed by atoms with Crippen LogP contribution in [0.15, 0.2) is 72.8 Å². The Labute approximate surface area is 197 Å². The van der Waals surface area contributed by atoms with Crippen LogP contribution < -0.4 is 21.3 Å².